The number of hydrogen-bond donors (Lipinski definition) is 1. The molecule has 25 heavy (non-hydrogen) atoms. The van der Waals surface area contributed by atoms with E-state index in [1.807, 2.05) is 24.3 Å². The van der Waals surface area contributed by atoms with Crippen LogP contribution in [0.5, 0.6) is 11.5 Å². The second-order valence-corrected chi connectivity index (χ2v) is 5.23. The van der Waals surface area contributed by atoms with Crippen molar-refractivity contribution in [2.75, 3.05) is 19.5 Å². The molecule has 0 aliphatic carbocycles. The van der Waals surface area contributed by atoms with Crippen molar-refractivity contribution in [1.82, 2.24) is 4.98 Å². The zero-order valence-corrected chi connectivity index (χ0v) is 13.8. The molecule has 0 bridgehead atoms. The van der Waals surface area contributed by atoms with Gasteiger partial charge in [-0.25, -0.2) is 0 Å². The first-order valence-corrected chi connectivity index (χ1v) is 7.48. The molecule has 3 rings (SSSR count). The van der Waals surface area contributed by atoms with Gasteiger partial charge in [0.05, 0.1) is 31.0 Å². The molecule has 0 fully saturated rings. The highest BCUT2D eigenvalue weighted by atomic mass is 16.5. The molecule has 3 aromatic rings. The SMILES string of the molecule is C#Cc1cccc(Nc2c(C#N)cnc3cc(OC)c(OC)cc23)c1. The zero-order valence-electron chi connectivity index (χ0n) is 13.8. The number of benzene rings is 2. The van der Waals surface area contributed by atoms with Crippen LogP contribution in [-0.4, -0.2) is 19.2 Å². The third kappa shape index (κ3) is 3.04. The molecule has 0 amide bonds. The molecule has 5 heteroatoms. The topological polar surface area (TPSA) is 67.2 Å². The number of anilines is 2. The predicted octanol–water partition coefficient (Wildman–Crippen LogP) is 3.85. The first kappa shape index (κ1) is 16.2. The Kier molecular flexibility index (Phi) is 4.41. The van der Waals surface area contributed by atoms with Crippen LogP contribution in [0.15, 0.2) is 42.6 Å². The summed E-state index contributed by atoms with van der Waals surface area (Å²) < 4.78 is 10.7. The highest BCUT2D eigenvalue weighted by Gasteiger charge is 2.14. The molecule has 0 saturated heterocycles. The smallest absolute Gasteiger partial charge is 0.162 e. The summed E-state index contributed by atoms with van der Waals surface area (Å²) in [6.45, 7) is 0. The lowest BCUT2D eigenvalue weighted by molar-refractivity contribution is 0.356. The number of pyridine rings is 1. The van der Waals surface area contributed by atoms with E-state index >= 15 is 0 Å². The van der Waals surface area contributed by atoms with E-state index in [2.05, 4.69) is 22.3 Å². The number of rotatable bonds is 4. The number of fused-ring (bicyclic) bond motifs is 1. The van der Waals surface area contributed by atoms with Gasteiger partial charge in [0.1, 0.15) is 6.07 Å². The first-order valence-electron chi connectivity index (χ1n) is 7.48. The van der Waals surface area contributed by atoms with Gasteiger partial charge in [-0.15, -0.1) is 6.42 Å². The molecule has 0 spiro atoms. The predicted molar refractivity (Wildman–Crippen MR) is 97.2 cm³/mol. The average molecular weight is 329 g/mol. The lowest BCUT2D eigenvalue weighted by Crippen LogP contribution is -1.98. The van der Waals surface area contributed by atoms with Crippen LogP contribution >= 0.6 is 0 Å². The number of nitrogens with one attached hydrogen (secondary N) is 1. The fraction of sp³-hybridized carbons (Fsp3) is 0.100. The van der Waals surface area contributed by atoms with Gasteiger partial charge in [0.15, 0.2) is 11.5 Å². The number of nitrogens with zero attached hydrogens (tertiary/aromatic N) is 2. The van der Waals surface area contributed by atoms with Crippen LogP contribution in [0.25, 0.3) is 10.9 Å². The van der Waals surface area contributed by atoms with Gasteiger partial charge in [0.2, 0.25) is 0 Å². The second-order valence-electron chi connectivity index (χ2n) is 5.23. The first-order chi connectivity index (χ1) is 12.2. The van der Waals surface area contributed by atoms with Crippen LogP contribution in [0.2, 0.25) is 0 Å². The quantitative estimate of drug-likeness (QED) is 0.737. The Bertz CT molecular complexity index is 1030. The summed E-state index contributed by atoms with van der Waals surface area (Å²) in [6.07, 6.45) is 6.99. The molecule has 1 heterocycles. The highest BCUT2D eigenvalue weighted by molar-refractivity contribution is 5.97. The normalized spacial score (nSPS) is 9.92. The van der Waals surface area contributed by atoms with Crippen molar-refractivity contribution in [3.63, 3.8) is 0 Å². The third-order valence-electron chi connectivity index (χ3n) is 3.79. The Balaban J connectivity index is 2.21. The van der Waals surface area contributed by atoms with Crippen LogP contribution in [0, 0.1) is 23.7 Å². The average Bonchev–Trinajstić information content (AvgIpc) is 2.67. The summed E-state index contributed by atoms with van der Waals surface area (Å²) in [6, 6.07) is 13.2. The van der Waals surface area contributed by atoms with E-state index in [9.17, 15) is 5.26 Å². The number of hydrogen-bond acceptors (Lipinski definition) is 5. The molecular weight excluding hydrogens is 314 g/mol. The van der Waals surface area contributed by atoms with Crippen molar-refractivity contribution >= 4 is 22.3 Å². The molecule has 0 radical (unpaired) electrons. The monoisotopic (exact) mass is 329 g/mol. The van der Waals surface area contributed by atoms with Gasteiger partial charge < -0.3 is 14.8 Å². The molecule has 2 aromatic carbocycles. The van der Waals surface area contributed by atoms with E-state index in [0.717, 1.165) is 16.6 Å². The standard InChI is InChI=1S/C20H15N3O2/c1-4-13-6-5-7-15(8-13)23-20-14(11-21)12-22-17-10-19(25-3)18(24-2)9-16(17)20/h1,5-10,12H,2-3H3,(H,22,23). The molecule has 0 aliphatic heterocycles. The third-order valence-corrected chi connectivity index (χ3v) is 3.79. The van der Waals surface area contributed by atoms with Gasteiger partial charge in [-0.2, -0.15) is 5.26 Å². The molecule has 0 aliphatic rings. The number of methoxy groups -OCH3 is 2. The largest absolute Gasteiger partial charge is 0.493 e. The summed E-state index contributed by atoms with van der Waals surface area (Å²) >= 11 is 0. The summed E-state index contributed by atoms with van der Waals surface area (Å²) in [4.78, 5) is 4.34. The van der Waals surface area contributed by atoms with E-state index in [1.165, 1.54) is 6.20 Å². The maximum Gasteiger partial charge on any atom is 0.162 e. The fourth-order valence-corrected chi connectivity index (χ4v) is 2.57. The van der Waals surface area contributed by atoms with Crippen LogP contribution < -0.4 is 14.8 Å². The van der Waals surface area contributed by atoms with Crippen molar-refractivity contribution in [3.05, 3.63) is 53.7 Å². The maximum atomic E-state index is 9.47. The molecule has 1 N–H and O–H groups in total. The van der Waals surface area contributed by atoms with Crippen LogP contribution in [0.4, 0.5) is 11.4 Å². The van der Waals surface area contributed by atoms with Gasteiger partial charge >= 0.3 is 0 Å². The van der Waals surface area contributed by atoms with Crippen LogP contribution in [0.3, 0.4) is 0 Å². The Labute approximate surface area is 145 Å². The summed E-state index contributed by atoms with van der Waals surface area (Å²) in [5.74, 6) is 3.74. The van der Waals surface area contributed by atoms with Crippen LogP contribution in [-0.2, 0) is 0 Å². The number of ether oxygens (including phenoxy) is 2. The van der Waals surface area contributed by atoms with Gasteiger partial charge in [-0.05, 0) is 24.3 Å². The Morgan fingerprint density at radius 1 is 1.12 bits per heavy atom. The van der Waals surface area contributed by atoms with E-state index in [0.29, 0.717) is 28.3 Å². The minimum atomic E-state index is 0.422. The lowest BCUT2D eigenvalue weighted by atomic mass is 10.1. The van der Waals surface area contributed by atoms with Crippen molar-refractivity contribution in [1.29, 1.82) is 5.26 Å². The van der Waals surface area contributed by atoms with Crippen LogP contribution in [0.1, 0.15) is 11.1 Å². The minimum Gasteiger partial charge on any atom is -0.493 e. The van der Waals surface area contributed by atoms with Crippen molar-refractivity contribution in [2.45, 2.75) is 0 Å². The second kappa shape index (κ2) is 6.82. The molecule has 0 atom stereocenters. The van der Waals surface area contributed by atoms with Crippen molar-refractivity contribution < 1.29 is 9.47 Å². The van der Waals surface area contributed by atoms with E-state index in [1.54, 1.807) is 26.4 Å². The molecule has 0 saturated carbocycles. The highest BCUT2D eigenvalue weighted by Crippen LogP contribution is 2.36. The van der Waals surface area contributed by atoms with Crippen molar-refractivity contribution in [3.8, 4) is 29.9 Å². The molecule has 5 nitrogen and oxygen atoms in total. The lowest BCUT2D eigenvalue weighted by Gasteiger charge is -2.14. The molecule has 122 valence electrons. The Hall–Kier alpha value is -3.70. The van der Waals surface area contributed by atoms with Gasteiger partial charge in [0.25, 0.3) is 0 Å². The number of aromatic nitrogens is 1. The molecular formula is C20H15N3O2. The van der Waals surface area contributed by atoms with Crippen molar-refractivity contribution in [2.24, 2.45) is 0 Å². The minimum absolute atomic E-state index is 0.422. The number of terminal acetylenes is 1. The number of nitriles is 1. The summed E-state index contributed by atoms with van der Waals surface area (Å²) in [5, 5.41) is 13.5. The zero-order chi connectivity index (χ0) is 17.8. The Morgan fingerprint density at radius 2 is 1.88 bits per heavy atom. The van der Waals surface area contributed by atoms with Gasteiger partial charge in [0, 0.05) is 28.9 Å². The fourth-order valence-electron chi connectivity index (χ4n) is 2.57. The molecule has 1 aromatic heterocycles. The Morgan fingerprint density at radius 3 is 2.56 bits per heavy atom. The summed E-state index contributed by atoms with van der Waals surface area (Å²) in [5.41, 5.74) is 3.29. The van der Waals surface area contributed by atoms with Gasteiger partial charge in [-0.3, -0.25) is 4.98 Å². The van der Waals surface area contributed by atoms with E-state index in [4.69, 9.17) is 15.9 Å². The van der Waals surface area contributed by atoms with E-state index < -0.39 is 0 Å². The van der Waals surface area contributed by atoms with E-state index in [-0.39, 0.29) is 0 Å². The summed E-state index contributed by atoms with van der Waals surface area (Å²) in [7, 11) is 3.13. The van der Waals surface area contributed by atoms with Gasteiger partial charge in [-0.1, -0.05) is 12.0 Å². The maximum absolute atomic E-state index is 9.47. The molecule has 0 unspecified atom stereocenters.